The van der Waals surface area contributed by atoms with Crippen LogP contribution in [0.4, 0.5) is 5.69 Å². The maximum absolute atomic E-state index is 13.1. The number of esters is 1. The van der Waals surface area contributed by atoms with E-state index < -0.39 is 16.9 Å². The van der Waals surface area contributed by atoms with Crippen LogP contribution in [-0.4, -0.2) is 32.1 Å². The van der Waals surface area contributed by atoms with E-state index >= 15 is 0 Å². The van der Waals surface area contributed by atoms with E-state index in [4.69, 9.17) is 4.74 Å². The molecule has 1 amide bonds. The van der Waals surface area contributed by atoms with E-state index in [1.54, 1.807) is 19.9 Å². The van der Waals surface area contributed by atoms with Crippen LogP contribution in [0.2, 0.25) is 0 Å². The molecule has 9 heteroatoms. The first kappa shape index (κ1) is 20.8. The number of hydrogen-bond donors (Lipinski definition) is 0. The van der Waals surface area contributed by atoms with Gasteiger partial charge in [0.1, 0.15) is 6.61 Å². The molecule has 2 aromatic rings. The molecule has 4 rings (SSSR count). The van der Waals surface area contributed by atoms with Gasteiger partial charge in [0, 0.05) is 12.1 Å². The Morgan fingerprint density at radius 2 is 1.97 bits per heavy atom. The van der Waals surface area contributed by atoms with E-state index in [-0.39, 0.29) is 29.0 Å². The molecule has 8 nitrogen and oxygen atoms in total. The lowest BCUT2D eigenvalue weighted by Crippen LogP contribution is -2.40. The summed E-state index contributed by atoms with van der Waals surface area (Å²) in [6.07, 6.45) is 0. The van der Waals surface area contributed by atoms with Gasteiger partial charge in [-0.1, -0.05) is 54.2 Å². The number of carbonyl (C=O) groups excluding carboxylic acids is 2. The molecule has 2 aromatic carbocycles. The Balaban J connectivity index is 1.74. The fraction of sp³-hybridized carbons (Fsp3) is 0.227. The van der Waals surface area contributed by atoms with Gasteiger partial charge in [0.25, 0.3) is 5.69 Å². The minimum Gasteiger partial charge on any atom is -0.457 e. The molecule has 2 aliphatic heterocycles. The molecule has 0 bridgehead atoms. The first-order valence-corrected chi connectivity index (χ1v) is 10.5. The highest BCUT2D eigenvalue weighted by Gasteiger charge is 2.46. The van der Waals surface area contributed by atoms with Gasteiger partial charge in [-0.2, -0.15) is 0 Å². The van der Waals surface area contributed by atoms with Crippen molar-refractivity contribution < 1.29 is 19.2 Å². The molecule has 0 aromatic heterocycles. The van der Waals surface area contributed by atoms with Crippen molar-refractivity contribution in [3.63, 3.8) is 0 Å². The Kier molecular flexibility index (Phi) is 5.60. The average Bonchev–Trinajstić information content (AvgIpc) is 3.04. The predicted molar refractivity (Wildman–Crippen MR) is 116 cm³/mol. The first-order chi connectivity index (χ1) is 14.9. The zero-order chi connectivity index (χ0) is 22.1. The van der Waals surface area contributed by atoms with Gasteiger partial charge in [-0.3, -0.25) is 19.8 Å². The minimum absolute atomic E-state index is 0.0633. The lowest BCUT2D eigenvalue weighted by atomic mass is 9.94. The average molecular weight is 437 g/mol. The topological polar surface area (TPSA) is 102 Å². The molecule has 0 unspecified atom stereocenters. The maximum atomic E-state index is 13.1. The molecule has 2 heterocycles. The molecule has 2 aliphatic rings. The number of fused-ring (bicyclic) bond motifs is 1. The minimum atomic E-state index is -0.847. The highest BCUT2D eigenvalue weighted by Crippen LogP contribution is 2.43. The third-order valence-electron chi connectivity index (χ3n) is 5.09. The quantitative estimate of drug-likeness (QED) is 0.398. The number of non-ortho nitro benzene ring substituents is 1. The second-order valence-electron chi connectivity index (χ2n) is 7.18. The molecule has 0 radical (unpaired) electrons. The summed E-state index contributed by atoms with van der Waals surface area (Å²) in [6, 6.07) is 14.3. The highest BCUT2D eigenvalue weighted by atomic mass is 32.2. The van der Waals surface area contributed by atoms with E-state index in [1.807, 2.05) is 30.3 Å². The van der Waals surface area contributed by atoms with Crippen LogP contribution in [0.3, 0.4) is 0 Å². The number of nitro groups is 1. The van der Waals surface area contributed by atoms with E-state index in [9.17, 15) is 19.7 Å². The van der Waals surface area contributed by atoms with Crippen LogP contribution in [0.1, 0.15) is 31.0 Å². The smallest absolute Gasteiger partial charge is 0.338 e. The summed E-state index contributed by atoms with van der Waals surface area (Å²) >= 11 is 1.30. The number of benzene rings is 2. The van der Waals surface area contributed by atoms with E-state index in [1.165, 1.54) is 34.9 Å². The van der Waals surface area contributed by atoms with Crippen molar-refractivity contribution in [1.29, 1.82) is 0 Å². The van der Waals surface area contributed by atoms with Gasteiger partial charge in [0.05, 0.1) is 27.5 Å². The molecule has 31 heavy (non-hydrogen) atoms. The number of nitrogens with zero attached hydrogens (tertiary/aromatic N) is 3. The van der Waals surface area contributed by atoms with Crippen molar-refractivity contribution in [1.82, 2.24) is 4.90 Å². The van der Waals surface area contributed by atoms with Crippen LogP contribution in [-0.2, 0) is 20.9 Å². The van der Waals surface area contributed by atoms with E-state index in [0.29, 0.717) is 16.4 Å². The number of ether oxygens (including phenoxy) is 1. The van der Waals surface area contributed by atoms with Crippen LogP contribution in [0.5, 0.6) is 0 Å². The number of nitro benzene ring substituents is 1. The Labute approximate surface area is 182 Å². The van der Waals surface area contributed by atoms with Crippen LogP contribution in [0, 0.1) is 10.1 Å². The fourth-order valence-corrected chi connectivity index (χ4v) is 4.62. The third-order valence-corrected chi connectivity index (χ3v) is 6.14. The number of amidine groups is 1. The fourth-order valence-electron chi connectivity index (χ4n) is 3.59. The van der Waals surface area contributed by atoms with Gasteiger partial charge in [-0.25, -0.2) is 9.79 Å². The summed E-state index contributed by atoms with van der Waals surface area (Å²) in [7, 11) is 0. The highest BCUT2D eigenvalue weighted by molar-refractivity contribution is 8.15. The molecule has 0 spiro atoms. The van der Waals surface area contributed by atoms with Crippen molar-refractivity contribution in [3.8, 4) is 0 Å². The largest absolute Gasteiger partial charge is 0.457 e. The molecule has 1 saturated heterocycles. The third kappa shape index (κ3) is 3.96. The van der Waals surface area contributed by atoms with Crippen LogP contribution < -0.4 is 0 Å². The van der Waals surface area contributed by atoms with Crippen molar-refractivity contribution in [2.75, 3.05) is 0 Å². The zero-order valence-corrected chi connectivity index (χ0v) is 17.7. The predicted octanol–water partition coefficient (Wildman–Crippen LogP) is 3.99. The number of aliphatic imine (C=N–C) groups is 1. The van der Waals surface area contributed by atoms with Gasteiger partial charge in [0.15, 0.2) is 5.17 Å². The van der Waals surface area contributed by atoms with Crippen molar-refractivity contribution in [2.24, 2.45) is 4.99 Å². The van der Waals surface area contributed by atoms with Gasteiger partial charge >= 0.3 is 5.97 Å². The number of rotatable bonds is 5. The zero-order valence-electron chi connectivity index (χ0n) is 16.8. The number of amides is 1. The number of carbonyl (C=O) groups is 2. The molecular weight excluding hydrogens is 418 g/mol. The molecule has 158 valence electrons. The summed E-state index contributed by atoms with van der Waals surface area (Å²) in [5, 5.41) is 11.4. The number of allylic oxidation sites excluding steroid dienone is 1. The van der Waals surface area contributed by atoms with E-state index in [0.717, 1.165) is 5.56 Å². The molecule has 1 fully saturated rings. The standard InChI is InChI=1S/C22H19N3O5S/c1-13-18(21(27)30-12-15-7-4-3-5-8-15)19(16-9-6-10-17(11-16)25(28)29)24-20(26)14(2)31-22(24)23-13/h3-11,14,19H,12H2,1-2H3/t14-,19-/m0/s1. The van der Waals surface area contributed by atoms with E-state index in [2.05, 4.69) is 4.99 Å². The number of hydrogen-bond acceptors (Lipinski definition) is 7. The maximum Gasteiger partial charge on any atom is 0.338 e. The van der Waals surface area contributed by atoms with Gasteiger partial charge in [-0.15, -0.1) is 0 Å². The Bertz CT molecular complexity index is 1130. The molecule has 2 atom stereocenters. The summed E-state index contributed by atoms with van der Waals surface area (Å²) < 4.78 is 5.53. The van der Waals surface area contributed by atoms with Crippen LogP contribution >= 0.6 is 11.8 Å². The number of thioether (sulfide) groups is 1. The normalized spacial score (nSPS) is 20.4. The van der Waals surface area contributed by atoms with Gasteiger partial charge < -0.3 is 4.74 Å². The summed E-state index contributed by atoms with van der Waals surface area (Å²) in [5.41, 5.74) is 1.78. The SMILES string of the molecule is CC1=C(C(=O)OCc2ccccc2)[C@H](c2cccc([N+](=O)[O-])c2)N2C(=O)[C@H](C)SC2=N1. The van der Waals surface area contributed by atoms with Crippen molar-refractivity contribution in [2.45, 2.75) is 31.7 Å². The Hall–Kier alpha value is -3.46. The summed E-state index contributed by atoms with van der Waals surface area (Å²) in [6.45, 7) is 3.51. The van der Waals surface area contributed by atoms with Crippen LogP contribution in [0.25, 0.3) is 0 Å². The lowest BCUT2D eigenvalue weighted by molar-refractivity contribution is -0.384. The summed E-state index contributed by atoms with van der Waals surface area (Å²) in [4.78, 5) is 42.8. The summed E-state index contributed by atoms with van der Waals surface area (Å²) in [5.74, 6) is -0.820. The molecular formula is C22H19N3O5S. The Morgan fingerprint density at radius 3 is 2.68 bits per heavy atom. The molecule has 0 aliphatic carbocycles. The molecule has 0 N–H and O–H groups in total. The lowest BCUT2D eigenvalue weighted by Gasteiger charge is -2.32. The van der Waals surface area contributed by atoms with Crippen molar-refractivity contribution >= 4 is 34.5 Å². The second kappa shape index (κ2) is 8.35. The second-order valence-corrected chi connectivity index (χ2v) is 8.49. The first-order valence-electron chi connectivity index (χ1n) is 9.61. The Morgan fingerprint density at radius 1 is 1.23 bits per heavy atom. The molecule has 0 saturated carbocycles. The van der Waals surface area contributed by atoms with Crippen molar-refractivity contribution in [3.05, 3.63) is 87.1 Å². The van der Waals surface area contributed by atoms with Gasteiger partial charge in [0.2, 0.25) is 5.91 Å². The van der Waals surface area contributed by atoms with Gasteiger partial charge in [-0.05, 0) is 25.0 Å². The van der Waals surface area contributed by atoms with Crippen LogP contribution in [0.15, 0.2) is 70.9 Å². The monoisotopic (exact) mass is 437 g/mol.